The first-order chi connectivity index (χ1) is 10.1. The van der Waals surface area contributed by atoms with E-state index in [0.717, 1.165) is 11.1 Å². The average molecular weight is 298 g/mol. The number of nitrogens with two attached hydrogens (primary N) is 1. The van der Waals surface area contributed by atoms with Gasteiger partial charge in [-0.1, -0.05) is 30.4 Å². The topological polar surface area (TPSA) is 64.3 Å². The minimum Gasteiger partial charge on any atom is -0.389 e. The van der Waals surface area contributed by atoms with Crippen LogP contribution in [0.4, 0.5) is 5.69 Å². The van der Waals surface area contributed by atoms with E-state index in [1.807, 2.05) is 24.3 Å². The lowest BCUT2D eigenvalue weighted by atomic mass is 10.1. The van der Waals surface area contributed by atoms with Crippen molar-refractivity contribution in [2.45, 2.75) is 13.2 Å². The van der Waals surface area contributed by atoms with Crippen molar-refractivity contribution in [3.63, 3.8) is 0 Å². The van der Waals surface area contributed by atoms with E-state index < -0.39 is 0 Å². The van der Waals surface area contributed by atoms with Gasteiger partial charge < -0.3 is 15.8 Å². The zero-order chi connectivity index (χ0) is 14.8. The molecule has 1 aliphatic heterocycles. The number of carbonyl (C=O) groups is 1. The third kappa shape index (κ3) is 2.79. The Morgan fingerprint density at radius 2 is 1.90 bits per heavy atom. The summed E-state index contributed by atoms with van der Waals surface area (Å²) in [6, 6.07) is 12.8. The molecule has 0 aliphatic carbocycles. The zero-order valence-corrected chi connectivity index (χ0v) is 12.1. The van der Waals surface area contributed by atoms with Crippen LogP contribution in [-0.2, 0) is 18.0 Å². The van der Waals surface area contributed by atoms with Gasteiger partial charge in [-0.3, -0.25) is 4.79 Å². The van der Waals surface area contributed by atoms with Gasteiger partial charge in [0.2, 0.25) is 0 Å². The predicted octanol–water partition coefficient (Wildman–Crippen LogP) is 2.60. The summed E-state index contributed by atoms with van der Waals surface area (Å²) in [6.07, 6.45) is 0. The van der Waals surface area contributed by atoms with Crippen LogP contribution in [0.3, 0.4) is 0 Å². The van der Waals surface area contributed by atoms with E-state index in [0.29, 0.717) is 30.0 Å². The van der Waals surface area contributed by atoms with E-state index in [4.69, 9.17) is 22.7 Å². The number of hydrogen-bond acceptors (Lipinski definition) is 3. The molecule has 0 spiro atoms. The van der Waals surface area contributed by atoms with E-state index in [1.54, 1.807) is 18.2 Å². The minimum atomic E-state index is -0.187. The maximum absolute atomic E-state index is 12.4. The molecule has 5 heteroatoms. The van der Waals surface area contributed by atoms with Crippen LogP contribution in [0.2, 0.25) is 0 Å². The van der Waals surface area contributed by atoms with E-state index in [2.05, 4.69) is 5.32 Å². The summed E-state index contributed by atoms with van der Waals surface area (Å²) in [5.74, 6) is -0.187. The summed E-state index contributed by atoms with van der Waals surface area (Å²) in [5.41, 5.74) is 9.73. The molecule has 1 heterocycles. The highest BCUT2D eigenvalue weighted by molar-refractivity contribution is 7.80. The van der Waals surface area contributed by atoms with Crippen LogP contribution in [0.5, 0.6) is 0 Å². The fourth-order valence-corrected chi connectivity index (χ4v) is 2.49. The van der Waals surface area contributed by atoms with Crippen LogP contribution in [-0.4, -0.2) is 10.9 Å². The summed E-state index contributed by atoms with van der Waals surface area (Å²) in [6.45, 7) is 1.17. The van der Waals surface area contributed by atoms with Gasteiger partial charge in [-0.2, -0.15) is 0 Å². The Balaban J connectivity index is 1.85. The van der Waals surface area contributed by atoms with Crippen LogP contribution in [0.15, 0.2) is 42.5 Å². The Bertz CT molecular complexity index is 728. The highest BCUT2D eigenvalue weighted by Gasteiger charge is 2.15. The van der Waals surface area contributed by atoms with Gasteiger partial charge in [-0.05, 0) is 35.4 Å². The van der Waals surface area contributed by atoms with Crippen molar-refractivity contribution in [3.05, 3.63) is 64.7 Å². The van der Waals surface area contributed by atoms with Crippen LogP contribution < -0.4 is 11.1 Å². The molecule has 0 radical (unpaired) electrons. The van der Waals surface area contributed by atoms with Crippen molar-refractivity contribution < 1.29 is 9.53 Å². The van der Waals surface area contributed by atoms with Crippen LogP contribution >= 0.6 is 12.2 Å². The summed E-state index contributed by atoms with van der Waals surface area (Å²) >= 11 is 4.99. The quantitative estimate of drug-likeness (QED) is 0.855. The Morgan fingerprint density at radius 3 is 2.71 bits per heavy atom. The van der Waals surface area contributed by atoms with E-state index in [-0.39, 0.29) is 10.9 Å². The highest BCUT2D eigenvalue weighted by atomic mass is 32.1. The maximum atomic E-state index is 12.4. The molecule has 0 bridgehead atoms. The Kier molecular flexibility index (Phi) is 3.68. The standard InChI is InChI=1S/C16H14N2O2S/c17-15(21)13-3-1-2-4-14(13)18-16(19)10-5-6-11-8-20-9-12(11)7-10/h1-7H,8-9H2,(H2,17,21)(H,18,19). The Hall–Kier alpha value is -2.24. The van der Waals surface area contributed by atoms with Gasteiger partial charge in [0.1, 0.15) is 4.99 Å². The summed E-state index contributed by atoms with van der Waals surface area (Å²) in [7, 11) is 0. The van der Waals surface area contributed by atoms with E-state index in [9.17, 15) is 4.79 Å². The van der Waals surface area contributed by atoms with Crippen molar-refractivity contribution in [2.75, 3.05) is 5.32 Å². The lowest BCUT2D eigenvalue weighted by Gasteiger charge is -2.10. The molecule has 2 aromatic rings. The largest absolute Gasteiger partial charge is 0.389 e. The molecule has 2 aromatic carbocycles. The molecule has 3 N–H and O–H groups in total. The number of hydrogen-bond donors (Lipinski definition) is 2. The Labute approximate surface area is 127 Å². The van der Waals surface area contributed by atoms with Gasteiger partial charge in [0.25, 0.3) is 5.91 Å². The second kappa shape index (κ2) is 5.63. The van der Waals surface area contributed by atoms with Gasteiger partial charge in [0, 0.05) is 11.1 Å². The number of anilines is 1. The predicted molar refractivity (Wildman–Crippen MR) is 85.2 cm³/mol. The summed E-state index contributed by atoms with van der Waals surface area (Å²) < 4.78 is 5.35. The van der Waals surface area contributed by atoms with Crippen LogP contribution in [0, 0.1) is 0 Å². The van der Waals surface area contributed by atoms with Crippen LogP contribution in [0.1, 0.15) is 27.0 Å². The smallest absolute Gasteiger partial charge is 0.255 e. The molecule has 0 fully saturated rings. The number of carbonyl (C=O) groups excluding carboxylic acids is 1. The first-order valence-electron chi connectivity index (χ1n) is 6.55. The van der Waals surface area contributed by atoms with Gasteiger partial charge in [-0.25, -0.2) is 0 Å². The van der Waals surface area contributed by atoms with Crippen molar-refractivity contribution in [1.29, 1.82) is 0 Å². The number of nitrogens with one attached hydrogen (secondary N) is 1. The number of thiocarbonyl (C=S) groups is 1. The van der Waals surface area contributed by atoms with Crippen molar-refractivity contribution in [2.24, 2.45) is 5.73 Å². The molecule has 21 heavy (non-hydrogen) atoms. The monoisotopic (exact) mass is 298 g/mol. The average Bonchev–Trinajstić information content (AvgIpc) is 2.94. The second-order valence-electron chi connectivity index (χ2n) is 4.84. The molecule has 0 saturated heterocycles. The number of benzene rings is 2. The third-order valence-corrected chi connectivity index (χ3v) is 3.64. The Morgan fingerprint density at radius 1 is 1.14 bits per heavy atom. The van der Waals surface area contributed by atoms with Crippen molar-refractivity contribution >= 4 is 28.8 Å². The summed E-state index contributed by atoms with van der Waals surface area (Å²) in [4.78, 5) is 12.6. The van der Waals surface area contributed by atoms with Crippen molar-refractivity contribution in [3.8, 4) is 0 Å². The van der Waals surface area contributed by atoms with Crippen LogP contribution in [0.25, 0.3) is 0 Å². The molecule has 4 nitrogen and oxygen atoms in total. The van der Waals surface area contributed by atoms with Gasteiger partial charge in [-0.15, -0.1) is 0 Å². The van der Waals surface area contributed by atoms with E-state index in [1.165, 1.54) is 0 Å². The third-order valence-electron chi connectivity index (χ3n) is 3.42. The molecular weight excluding hydrogens is 284 g/mol. The van der Waals surface area contributed by atoms with Crippen molar-refractivity contribution in [1.82, 2.24) is 0 Å². The lowest BCUT2D eigenvalue weighted by molar-refractivity contribution is 0.102. The fraction of sp³-hybridized carbons (Fsp3) is 0.125. The van der Waals surface area contributed by atoms with Gasteiger partial charge in [0.05, 0.1) is 18.9 Å². The molecule has 1 amide bonds. The number of amides is 1. The number of rotatable bonds is 3. The number of ether oxygens (including phenoxy) is 1. The molecule has 0 aromatic heterocycles. The molecular formula is C16H14N2O2S. The number of para-hydroxylation sites is 1. The highest BCUT2D eigenvalue weighted by Crippen LogP contribution is 2.22. The molecule has 3 rings (SSSR count). The van der Waals surface area contributed by atoms with Gasteiger partial charge in [0.15, 0.2) is 0 Å². The molecule has 0 unspecified atom stereocenters. The number of fused-ring (bicyclic) bond motifs is 1. The summed E-state index contributed by atoms with van der Waals surface area (Å²) in [5, 5.41) is 2.85. The first kappa shape index (κ1) is 13.7. The first-order valence-corrected chi connectivity index (χ1v) is 6.96. The van der Waals surface area contributed by atoms with Gasteiger partial charge >= 0.3 is 0 Å². The molecule has 106 valence electrons. The SMILES string of the molecule is NC(=S)c1ccccc1NC(=O)c1ccc2c(c1)COC2. The van der Waals surface area contributed by atoms with E-state index >= 15 is 0 Å². The fourth-order valence-electron chi connectivity index (χ4n) is 2.31. The molecule has 0 saturated carbocycles. The molecule has 0 atom stereocenters. The second-order valence-corrected chi connectivity index (χ2v) is 5.28. The minimum absolute atomic E-state index is 0.187. The normalized spacial score (nSPS) is 12.8. The molecule has 1 aliphatic rings. The zero-order valence-electron chi connectivity index (χ0n) is 11.3. The maximum Gasteiger partial charge on any atom is 0.255 e. The lowest BCUT2D eigenvalue weighted by Crippen LogP contribution is -2.17.